The molecule has 0 aliphatic rings. The first-order valence-corrected chi connectivity index (χ1v) is 6.49. The van der Waals surface area contributed by atoms with Crippen LogP contribution in [-0.2, 0) is 9.53 Å². The van der Waals surface area contributed by atoms with E-state index in [0.717, 1.165) is 12.8 Å². The molecular formula is C14H29NO2. The highest BCUT2D eigenvalue weighted by Gasteiger charge is 2.22. The summed E-state index contributed by atoms with van der Waals surface area (Å²) in [5.41, 5.74) is 5.46. The predicted molar refractivity (Wildman–Crippen MR) is 72.0 cm³/mol. The molecule has 0 aromatic rings. The van der Waals surface area contributed by atoms with Crippen molar-refractivity contribution in [1.82, 2.24) is 0 Å². The van der Waals surface area contributed by atoms with E-state index in [9.17, 15) is 4.79 Å². The number of carbonyl (C=O) groups excluding carboxylic acids is 1. The molecule has 0 saturated heterocycles. The Morgan fingerprint density at radius 3 is 2.12 bits per heavy atom. The summed E-state index contributed by atoms with van der Waals surface area (Å²) >= 11 is 0. The number of Topliss-reactive ketones (excluding diaryl/α,β-unsaturated/α-hetero) is 1. The molecule has 0 spiro atoms. The van der Waals surface area contributed by atoms with Crippen LogP contribution in [0, 0.1) is 5.92 Å². The van der Waals surface area contributed by atoms with E-state index in [1.165, 1.54) is 0 Å². The summed E-state index contributed by atoms with van der Waals surface area (Å²) in [6, 6.07) is 0. The number of ether oxygens (including phenoxy) is 1. The normalized spacial score (nSPS) is 13.2. The van der Waals surface area contributed by atoms with Crippen LogP contribution < -0.4 is 5.73 Å². The van der Waals surface area contributed by atoms with Crippen LogP contribution in [0.15, 0.2) is 0 Å². The molecule has 0 aliphatic heterocycles. The average molecular weight is 243 g/mol. The first-order chi connectivity index (χ1) is 7.53. The minimum atomic E-state index is -0.240. The Bertz CT molecular complexity index is 239. The number of nitrogens with two attached hydrogens (primary N) is 1. The van der Waals surface area contributed by atoms with Gasteiger partial charge in [-0.2, -0.15) is 0 Å². The predicted octanol–water partition coefficient (Wildman–Crippen LogP) is 2.91. The van der Waals surface area contributed by atoms with Crippen molar-refractivity contribution >= 4 is 5.78 Å². The third-order valence-corrected chi connectivity index (χ3v) is 2.86. The van der Waals surface area contributed by atoms with E-state index in [1.807, 2.05) is 41.5 Å². The molecule has 0 amide bonds. The molecule has 3 nitrogen and oxygen atoms in total. The van der Waals surface area contributed by atoms with Crippen LogP contribution in [0.2, 0.25) is 0 Å². The molecule has 0 rings (SSSR count). The van der Waals surface area contributed by atoms with Crippen molar-refractivity contribution in [3.8, 4) is 0 Å². The van der Waals surface area contributed by atoms with E-state index in [4.69, 9.17) is 10.5 Å². The molecule has 0 unspecified atom stereocenters. The van der Waals surface area contributed by atoms with Gasteiger partial charge < -0.3 is 10.5 Å². The zero-order valence-corrected chi connectivity index (χ0v) is 12.3. The molecule has 0 atom stereocenters. The smallest absolute Gasteiger partial charge is 0.135 e. The Balaban J connectivity index is 3.92. The topological polar surface area (TPSA) is 52.3 Å². The number of hydrogen-bond donors (Lipinski definition) is 1. The van der Waals surface area contributed by atoms with Gasteiger partial charge in [-0.15, -0.1) is 0 Å². The van der Waals surface area contributed by atoms with Crippen LogP contribution in [0.4, 0.5) is 0 Å². The van der Waals surface area contributed by atoms with E-state index >= 15 is 0 Å². The molecule has 0 saturated carbocycles. The van der Waals surface area contributed by atoms with Crippen molar-refractivity contribution in [2.75, 3.05) is 6.61 Å². The van der Waals surface area contributed by atoms with Gasteiger partial charge in [-0.3, -0.25) is 4.79 Å². The van der Waals surface area contributed by atoms with Gasteiger partial charge in [0, 0.05) is 24.5 Å². The third-order valence-electron chi connectivity index (χ3n) is 2.86. The Hall–Kier alpha value is -0.410. The van der Waals surface area contributed by atoms with Gasteiger partial charge in [0.1, 0.15) is 5.78 Å². The standard InChI is InChI=1S/C14H29NO2/c1-11(2)12(16)7-8-14(5,6)17-10-9-13(3,4)15/h11H,7-10,15H2,1-6H3. The number of hydrogen-bond acceptors (Lipinski definition) is 3. The molecule has 3 heteroatoms. The lowest BCUT2D eigenvalue weighted by atomic mass is 9.96. The van der Waals surface area contributed by atoms with Gasteiger partial charge in [0.2, 0.25) is 0 Å². The first kappa shape index (κ1) is 16.6. The molecule has 17 heavy (non-hydrogen) atoms. The van der Waals surface area contributed by atoms with E-state index in [-0.39, 0.29) is 17.1 Å². The van der Waals surface area contributed by atoms with Crippen molar-refractivity contribution < 1.29 is 9.53 Å². The zero-order valence-electron chi connectivity index (χ0n) is 12.3. The van der Waals surface area contributed by atoms with Gasteiger partial charge in [-0.05, 0) is 40.5 Å². The fourth-order valence-electron chi connectivity index (χ4n) is 1.38. The second-order valence-corrected chi connectivity index (χ2v) is 6.47. The van der Waals surface area contributed by atoms with Gasteiger partial charge in [0.05, 0.1) is 5.60 Å². The highest BCUT2D eigenvalue weighted by atomic mass is 16.5. The fourth-order valence-corrected chi connectivity index (χ4v) is 1.38. The quantitative estimate of drug-likeness (QED) is 0.713. The lowest BCUT2D eigenvalue weighted by Gasteiger charge is -2.27. The minimum Gasteiger partial charge on any atom is -0.375 e. The molecular weight excluding hydrogens is 214 g/mol. The summed E-state index contributed by atoms with van der Waals surface area (Å²) in [6.07, 6.45) is 2.19. The summed E-state index contributed by atoms with van der Waals surface area (Å²) in [5, 5.41) is 0. The molecule has 2 N–H and O–H groups in total. The number of rotatable bonds is 8. The Labute approximate surface area is 106 Å². The molecule has 0 heterocycles. The molecule has 0 fully saturated rings. The SMILES string of the molecule is CC(C)C(=O)CCC(C)(C)OCCC(C)(C)N. The van der Waals surface area contributed by atoms with Crippen LogP contribution in [0.5, 0.6) is 0 Å². The lowest BCUT2D eigenvalue weighted by molar-refractivity contribution is -0.123. The second kappa shape index (κ2) is 6.50. The summed E-state index contributed by atoms with van der Waals surface area (Å²) in [7, 11) is 0. The fraction of sp³-hybridized carbons (Fsp3) is 0.929. The van der Waals surface area contributed by atoms with E-state index in [0.29, 0.717) is 18.8 Å². The number of carbonyl (C=O) groups is 1. The van der Waals surface area contributed by atoms with E-state index in [1.54, 1.807) is 0 Å². The second-order valence-electron chi connectivity index (χ2n) is 6.47. The van der Waals surface area contributed by atoms with Gasteiger partial charge in [-0.1, -0.05) is 13.8 Å². The zero-order chi connectivity index (χ0) is 13.7. The van der Waals surface area contributed by atoms with Gasteiger partial charge in [0.15, 0.2) is 0 Å². The van der Waals surface area contributed by atoms with E-state index in [2.05, 4.69) is 0 Å². The third kappa shape index (κ3) is 9.31. The van der Waals surface area contributed by atoms with Gasteiger partial charge in [-0.25, -0.2) is 0 Å². The molecule has 0 aromatic heterocycles. The largest absolute Gasteiger partial charge is 0.375 e. The molecule has 0 aliphatic carbocycles. The highest BCUT2D eigenvalue weighted by molar-refractivity contribution is 5.80. The van der Waals surface area contributed by atoms with Crippen LogP contribution in [0.3, 0.4) is 0 Å². The molecule has 0 aromatic carbocycles. The van der Waals surface area contributed by atoms with Gasteiger partial charge >= 0.3 is 0 Å². The van der Waals surface area contributed by atoms with Crippen molar-refractivity contribution in [1.29, 1.82) is 0 Å². The van der Waals surface area contributed by atoms with E-state index < -0.39 is 0 Å². The molecule has 102 valence electrons. The van der Waals surface area contributed by atoms with Crippen molar-refractivity contribution in [3.63, 3.8) is 0 Å². The van der Waals surface area contributed by atoms with Crippen molar-refractivity contribution in [2.24, 2.45) is 11.7 Å². The van der Waals surface area contributed by atoms with Crippen molar-refractivity contribution in [2.45, 2.75) is 71.9 Å². The Morgan fingerprint density at radius 2 is 1.71 bits per heavy atom. The first-order valence-electron chi connectivity index (χ1n) is 6.49. The minimum absolute atomic E-state index is 0.119. The average Bonchev–Trinajstić information content (AvgIpc) is 2.11. The number of ketones is 1. The van der Waals surface area contributed by atoms with Crippen LogP contribution in [0.25, 0.3) is 0 Å². The maximum Gasteiger partial charge on any atom is 0.135 e. The highest BCUT2D eigenvalue weighted by Crippen LogP contribution is 2.19. The maximum atomic E-state index is 11.5. The van der Waals surface area contributed by atoms with Crippen LogP contribution >= 0.6 is 0 Å². The van der Waals surface area contributed by atoms with Crippen LogP contribution in [0.1, 0.15) is 60.8 Å². The monoisotopic (exact) mass is 243 g/mol. The maximum absolute atomic E-state index is 11.5. The molecule has 0 bridgehead atoms. The summed E-state index contributed by atoms with van der Waals surface area (Å²) in [4.78, 5) is 11.5. The summed E-state index contributed by atoms with van der Waals surface area (Å²) < 4.78 is 5.80. The lowest BCUT2D eigenvalue weighted by Crippen LogP contribution is -2.35. The van der Waals surface area contributed by atoms with Crippen LogP contribution in [-0.4, -0.2) is 23.5 Å². The molecule has 0 radical (unpaired) electrons. The summed E-state index contributed by atoms with van der Waals surface area (Å²) in [6.45, 7) is 12.6. The summed E-state index contributed by atoms with van der Waals surface area (Å²) in [5.74, 6) is 0.426. The Morgan fingerprint density at radius 1 is 1.18 bits per heavy atom. The van der Waals surface area contributed by atoms with Crippen molar-refractivity contribution in [3.05, 3.63) is 0 Å². The Kier molecular flexibility index (Phi) is 6.35. The van der Waals surface area contributed by atoms with Gasteiger partial charge in [0.25, 0.3) is 0 Å².